The standard InChI is InChI=1S/C16H22F2O/c1-4-7-12(3)8-6-9-13-10-11-14(19-5-2)16(18)15(13)17/h5,10-12H,2,4,6-9H2,1,3H3. The zero-order valence-electron chi connectivity index (χ0n) is 11.7. The lowest BCUT2D eigenvalue weighted by Crippen LogP contribution is -2.00. The molecule has 1 atom stereocenters. The Morgan fingerprint density at radius 3 is 2.63 bits per heavy atom. The lowest BCUT2D eigenvalue weighted by Gasteiger charge is -2.11. The van der Waals surface area contributed by atoms with Crippen LogP contribution < -0.4 is 4.74 Å². The van der Waals surface area contributed by atoms with Gasteiger partial charge in [-0.05, 0) is 30.4 Å². The van der Waals surface area contributed by atoms with Crippen molar-refractivity contribution >= 4 is 0 Å². The minimum Gasteiger partial charge on any atom is -0.462 e. The Morgan fingerprint density at radius 1 is 1.26 bits per heavy atom. The Hall–Kier alpha value is -1.38. The highest BCUT2D eigenvalue weighted by Gasteiger charge is 2.14. The Balaban J connectivity index is 2.59. The van der Waals surface area contributed by atoms with Crippen molar-refractivity contribution in [3.8, 4) is 5.75 Å². The number of ether oxygens (including phenoxy) is 1. The maximum atomic E-state index is 13.8. The molecule has 0 spiro atoms. The molecule has 1 aromatic rings. The maximum Gasteiger partial charge on any atom is 0.201 e. The van der Waals surface area contributed by atoms with E-state index in [0.717, 1.165) is 25.5 Å². The molecule has 0 heterocycles. The van der Waals surface area contributed by atoms with Gasteiger partial charge < -0.3 is 4.74 Å². The maximum absolute atomic E-state index is 13.8. The topological polar surface area (TPSA) is 9.23 Å². The van der Waals surface area contributed by atoms with Gasteiger partial charge in [0.2, 0.25) is 5.82 Å². The molecule has 0 aliphatic heterocycles. The summed E-state index contributed by atoms with van der Waals surface area (Å²) >= 11 is 0. The molecular formula is C16H22F2O. The van der Waals surface area contributed by atoms with Crippen LogP contribution in [0.3, 0.4) is 0 Å². The van der Waals surface area contributed by atoms with Crippen molar-refractivity contribution in [2.75, 3.05) is 0 Å². The molecule has 1 aromatic carbocycles. The molecular weight excluding hydrogens is 246 g/mol. The average molecular weight is 268 g/mol. The Bertz CT molecular complexity index is 415. The van der Waals surface area contributed by atoms with E-state index < -0.39 is 11.6 Å². The van der Waals surface area contributed by atoms with Crippen molar-refractivity contribution < 1.29 is 13.5 Å². The number of aryl methyl sites for hydroxylation is 1. The first-order chi connectivity index (χ1) is 9.10. The first kappa shape index (κ1) is 15.7. The summed E-state index contributed by atoms with van der Waals surface area (Å²) in [5.41, 5.74) is 0.414. The summed E-state index contributed by atoms with van der Waals surface area (Å²) in [4.78, 5) is 0. The van der Waals surface area contributed by atoms with Gasteiger partial charge in [-0.2, -0.15) is 4.39 Å². The summed E-state index contributed by atoms with van der Waals surface area (Å²) in [6, 6.07) is 3.03. The zero-order chi connectivity index (χ0) is 14.3. The van der Waals surface area contributed by atoms with Gasteiger partial charge in [0.1, 0.15) is 0 Å². The quantitative estimate of drug-likeness (QED) is 0.585. The van der Waals surface area contributed by atoms with Crippen molar-refractivity contribution in [2.24, 2.45) is 5.92 Å². The van der Waals surface area contributed by atoms with Gasteiger partial charge in [-0.1, -0.05) is 45.8 Å². The molecule has 0 bridgehead atoms. The molecule has 0 radical (unpaired) electrons. The molecule has 0 N–H and O–H groups in total. The third-order valence-electron chi connectivity index (χ3n) is 3.26. The van der Waals surface area contributed by atoms with E-state index in [4.69, 9.17) is 4.74 Å². The predicted molar refractivity (Wildman–Crippen MR) is 74.2 cm³/mol. The third-order valence-corrected chi connectivity index (χ3v) is 3.26. The van der Waals surface area contributed by atoms with E-state index in [2.05, 4.69) is 20.4 Å². The van der Waals surface area contributed by atoms with Gasteiger partial charge in [-0.25, -0.2) is 4.39 Å². The van der Waals surface area contributed by atoms with Crippen LogP contribution in [0.1, 0.15) is 45.1 Å². The third kappa shape index (κ3) is 4.66. The molecule has 19 heavy (non-hydrogen) atoms. The van der Waals surface area contributed by atoms with Crippen LogP contribution in [0.5, 0.6) is 5.75 Å². The highest BCUT2D eigenvalue weighted by Crippen LogP contribution is 2.24. The van der Waals surface area contributed by atoms with E-state index in [-0.39, 0.29) is 5.75 Å². The van der Waals surface area contributed by atoms with Crippen molar-refractivity contribution in [3.05, 3.63) is 42.2 Å². The van der Waals surface area contributed by atoms with Crippen molar-refractivity contribution in [3.63, 3.8) is 0 Å². The largest absolute Gasteiger partial charge is 0.462 e. The van der Waals surface area contributed by atoms with E-state index >= 15 is 0 Å². The highest BCUT2D eigenvalue weighted by molar-refractivity contribution is 5.31. The van der Waals surface area contributed by atoms with Crippen molar-refractivity contribution in [2.45, 2.75) is 46.0 Å². The number of rotatable bonds is 8. The molecule has 0 aliphatic rings. The smallest absolute Gasteiger partial charge is 0.201 e. The summed E-state index contributed by atoms with van der Waals surface area (Å²) in [5, 5.41) is 0. The van der Waals surface area contributed by atoms with E-state index in [0.29, 0.717) is 17.9 Å². The molecule has 0 aliphatic carbocycles. The molecule has 0 saturated carbocycles. The van der Waals surface area contributed by atoms with Crippen LogP contribution in [0.15, 0.2) is 25.0 Å². The SMILES string of the molecule is C=COc1ccc(CCCC(C)CCC)c(F)c1F. The first-order valence-electron chi connectivity index (χ1n) is 6.84. The van der Waals surface area contributed by atoms with Crippen LogP contribution in [0.4, 0.5) is 8.78 Å². The number of benzene rings is 1. The van der Waals surface area contributed by atoms with Crippen molar-refractivity contribution in [1.29, 1.82) is 0 Å². The Kier molecular flexibility index (Phi) is 6.54. The second kappa shape index (κ2) is 7.93. The van der Waals surface area contributed by atoms with E-state index in [1.807, 2.05) is 0 Å². The fourth-order valence-electron chi connectivity index (χ4n) is 2.22. The summed E-state index contributed by atoms with van der Waals surface area (Å²) in [6.45, 7) is 7.68. The first-order valence-corrected chi connectivity index (χ1v) is 6.84. The minimum absolute atomic E-state index is 0.115. The summed E-state index contributed by atoms with van der Waals surface area (Å²) in [6.07, 6.45) is 5.91. The fourth-order valence-corrected chi connectivity index (χ4v) is 2.22. The lowest BCUT2D eigenvalue weighted by atomic mass is 9.97. The lowest BCUT2D eigenvalue weighted by molar-refractivity contribution is 0.410. The van der Waals surface area contributed by atoms with E-state index in [1.54, 1.807) is 6.07 Å². The molecule has 1 rings (SSSR count). The molecule has 106 valence electrons. The van der Waals surface area contributed by atoms with Gasteiger partial charge in [0, 0.05) is 0 Å². The summed E-state index contributed by atoms with van der Waals surface area (Å²) in [7, 11) is 0. The number of halogens is 2. The minimum atomic E-state index is -0.931. The summed E-state index contributed by atoms with van der Waals surface area (Å²) < 4.78 is 32.2. The van der Waals surface area contributed by atoms with Gasteiger partial charge in [0.15, 0.2) is 11.6 Å². The van der Waals surface area contributed by atoms with Crippen molar-refractivity contribution in [1.82, 2.24) is 0 Å². The molecule has 0 saturated heterocycles. The van der Waals surface area contributed by atoms with Gasteiger partial charge in [-0.15, -0.1) is 0 Å². The second-order valence-corrected chi connectivity index (χ2v) is 4.92. The van der Waals surface area contributed by atoms with Crippen LogP contribution in [-0.4, -0.2) is 0 Å². The molecule has 1 unspecified atom stereocenters. The number of hydrogen-bond donors (Lipinski definition) is 0. The van der Waals surface area contributed by atoms with Gasteiger partial charge >= 0.3 is 0 Å². The zero-order valence-corrected chi connectivity index (χ0v) is 11.7. The monoisotopic (exact) mass is 268 g/mol. The normalized spacial score (nSPS) is 12.2. The van der Waals surface area contributed by atoms with Crippen LogP contribution in [0, 0.1) is 17.6 Å². The van der Waals surface area contributed by atoms with Gasteiger partial charge in [0.05, 0.1) is 6.26 Å². The fraction of sp³-hybridized carbons (Fsp3) is 0.500. The summed E-state index contributed by atoms with van der Waals surface area (Å²) in [5.74, 6) is -1.21. The van der Waals surface area contributed by atoms with Crippen LogP contribution >= 0.6 is 0 Å². The molecule has 0 fully saturated rings. The van der Waals surface area contributed by atoms with E-state index in [1.165, 1.54) is 12.5 Å². The Labute approximate surface area is 114 Å². The molecule has 1 nitrogen and oxygen atoms in total. The second-order valence-electron chi connectivity index (χ2n) is 4.92. The highest BCUT2D eigenvalue weighted by atomic mass is 19.2. The number of hydrogen-bond acceptors (Lipinski definition) is 1. The molecule has 0 aromatic heterocycles. The van der Waals surface area contributed by atoms with E-state index in [9.17, 15) is 8.78 Å². The Morgan fingerprint density at radius 2 is 2.00 bits per heavy atom. The van der Waals surface area contributed by atoms with Gasteiger partial charge in [0.25, 0.3) is 0 Å². The van der Waals surface area contributed by atoms with Crippen LogP contribution in [-0.2, 0) is 6.42 Å². The van der Waals surface area contributed by atoms with Crippen LogP contribution in [0.2, 0.25) is 0 Å². The average Bonchev–Trinajstić information content (AvgIpc) is 2.38. The molecule has 0 amide bonds. The predicted octanol–water partition coefficient (Wildman–Crippen LogP) is 5.25. The van der Waals surface area contributed by atoms with Gasteiger partial charge in [-0.3, -0.25) is 0 Å². The van der Waals surface area contributed by atoms with Crippen LogP contribution in [0.25, 0.3) is 0 Å². The molecule has 3 heteroatoms.